The number of hydrogen-bond acceptors (Lipinski definition) is 4. The molecule has 7 heteroatoms. The SMILES string of the molecule is O=C(NCc1ccccn1)C1CN(S(=O)(=O)c2ccc3c(c2)CCCC3)CC12CCC2. The highest BCUT2D eigenvalue weighted by Gasteiger charge is 2.55. The predicted molar refractivity (Wildman–Crippen MR) is 118 cm³/mol. The molecular weight excluding hydrogens is 410 g/mol. The molecule has 1 unspecified atom stereocenters. The fourth-order valence-corrected chi connectivity index (χ4v) is 7.03. The summed E-state index contributed by atoms with van der Waals surface area (Å²) in [6.45, 7) is 1.06. The molecule has 1 amide bonds. The van der Waals surface area contributed by atoms with Crippen LogP contribution in [0.1, 0.15) is 48.9 Å². The first-order valence-electron chi connectivity index (χ1n) is 11.3. The first kappa shape index (κ1) is 20.6. The van der Waals surface area contributed by atoms with Crippen molar-refractivity contribution < 1.29 is 13.2 Å². The molecule has 1 saturated heterocycles. The summed E-state index contributed by atoms with van der Waals surface area (Å²) in [5, 5.41) is 2.99. The van der Waals surface area contributed by atoms with E-state index in [1.807, 2.05) is 30.3 Å². The third kappa shape index (κ3) is 3.78. The maximum Gasteiger partial charge on any atom is 0.243 e. The number of rotatable bonds is 5. The molecule has 1 N–H and O–H groups in total. The van der Waals surface area contributed by atoms with Crippen LogP contribution in [0.5, 0.6) is 0 Å². The van der Waals surface area contributed by atoms with E-state index in [0.717, 1.165) is 49.8 Å². The van der Waals surface area contributed by atoms with Gasteiger partial charge in [-0.3, -0.25) is 9.78 Å². The Labute approximate surface area is 184 Å². The number of carbonyl (C=O) groups excluding carboxylic acids is 1. The number of aryl methyl sites for hydroxylation is 2. The third-order valence-electron chi connectivity index (χ3n) is 7.41. The Bertz CT molecular complexity index is 1080. The van der Waals surface area contributed by atoms with Crippen molar-refractivity contribution in [3.8, 4) is 0 Å². The topological polar surface area (TPSA) is 79.4 Å². The monoisotopic (exact) mass is 439 g/mol. The molecule has 0 bridgehead atoms. The Balaban J connectivity index is 1.34. The average molecular weight is 440 g/mol. The zero-order valence-electron chi connectivity index (χ0n) is 17.7. The summed E-state index contributed by atoms with van der Waals surface area (Å²) >= 11 is 0. The number of hydrogen-bond donors (Lipinski definition) is 1. The minimum absolute atomic E-state index is 0.0616. The molecule has 2 aliphatic carbocycles. The van der Waals surface area contributed by atoms with E-state index in [1.165, 1.54) is 12.0 Å². The minimum atomic E-state index is -3.61. The van der Waals surface area contributed by atoms with Gasteiger partial charge in [0, 0.05) is 19.3 Å². The summed E-state index contributed by atoms with van der Waals surface area (Å²) in [5.41, 5.74) is 3.01. The van der Waals surface area contributed by atoms with Crippen molar-refractivity contribution in [1.82, 2.24) is 14.6 Å². The molecule has 2 aromatic rings. The molecule has 1 aliphatic heterocycles. The second kappa shape index (κ2) is 8.02. The number of sulfonamides is 1. The van der Waals surface area contributed by atoms with E-state index in [-0.39, 0.29) is 23.8 Å². The lowest BCUT2D eigenvalue weighted by Crippen LogP contribution is -2.45. The van der Waals surface area contributed by atoms with Crippen LogP contribution in [0.3, 0.4) is 0 Å². The van der Waals surface area contributed by atoms with Gasteiger partial charge in [-0.1, -0.05) is 18.6 Å². The molecular formula is C24H29N3O3S. The van der Waals surface area contributed by atoms with Crippen LogP contribution in [-0.4, -0.2) is 36.7 Å². The molecule has 6 nitrogen and oxygen atoms in total. The molecule has 2 heterocycles. The predicted octanol–water partition coefficient (Wildman–Crippen LogP) is 3.07. The van der Waals surface area contributed by atoms with E-state index in [0.29, 0.717) is 18.0 Å². The molecule has 0 radical (unpaired) electrons. The molecule has 1 atom stereocenters. The standard InChI is InChI=1S/C24H29N3O3S/c28-23(26-15-20-8-3-4-13-25-20)22-16-27(17-24(22)11-5-12-24)31(29,30)21-10-9-18-6-1-2-7-19(18)14-21/h3-4,8-10,13-14,22H,1-2,5-7,11-12,15-17H2,(H,26,28). The van der Waals surface area contributed by atoms with Crippen molar-refractivity contribution in [2.24, 2.45) is 11.3 Å². The smallest absolute Gasteiger partial charge is 0.243 e. The Morgan fingerprint density at radius 3 is 2.61 bits per heavy atom. The quantitative estimate of drug-likeness (QED) is 0.777. The fourth-order valence-electron chi connectivity index (χ4n) is 5.43. The summed E-state index contributed by atoms with van der Waals surface area (Å²) in [6, 6.07) is 11.2. The normalized spacial score (nSPS) is 22.6. The van der Waals surface area contributed by atoms with Gasteiger partial charge in [0.1, 0.15) is 0 Å². The van der Waals surface area contributed by atoms with Gasteiger partial charge in [-0.05, 0) is 79.3 Å². The van der Waals surface area contributed by atoms with E-state index in [1.54, 1.807) is 16.6 Å². The molecule has 31 heavy (non-hydrogen) atoms. The lowest BCUT2D eigenvalue weighted by atomic mass is 9.62. The number of nitrogens with one attached hydrogen (secondary N) is 1. The number of nitrogens with zero attached hydrogens (tertiary/aromatic N) is 2. The molecule has 2 fully saturated rings. The van der Waals surface area contributed by atoms with Gasteiger partial charge in [-0.15, -0.1) is 0 Å². The largest absolute Gasteiger partial charge is 0.350 e. The maximum atomic E-state index is 13.5. The molecule has 164 valence electrons. The van der Waals surface area contributed by atoms with Crippen LogP contribution in [0.2, 0.25) is 0 Å². The molecule has 1 saturated carbocycles. The Kier molecular flexibility index (Phi) is 5.34. The van der Waals surface area contributed by atoms with Crippen LogP contribution < -0.4 is 5.32 Å². The number of fused-ring (bicyclic) bond motifs is 1. The van der Waals surface area contributed by atoms with Gasteiger partial charge >= 0.3 is 0 Å². The van der Waals surface area contributed by atoms with Gasteiger partial charge in [0.2, 0.25) is 15.9 Å². The van der Waals surface area contributed by atoms with Gasteiger partial charge in [-0.25, -0.2) is 8.42 Å². The summed E-state index contributed by atoms with van der Waals surface area (Å²) in [5.74, 6) is -0.370. The average Bonchev–Trinajstić information content (AvgIpc) is 3.20. The second-order valence-corrected chi connectivity index (χ2v) is 11.2. The second-order valence-electron chi connectivity index (χ2n) is 9.24. The van der Waals surface area contributed by atoms with E-state index in [2.05, 4.69) is 10.3 Å². The highest BCUT2D eigenvalue weighted by Crippen LogP contribution is 2.52. The highest BCUT2D eigenvalue weighted by molar-refractivity contribution is 7.89. The molecule has 1 aromatic carbocycles. The van der Waals surface area contributed by atoms with Gasteiger partial charge < -0.3 is 5.32 Å². The number of amides is 1. The molecule has 3 aliphatic rings. The van der Waals surface area contributed by atoms with Gasteiger partial charge in [0.05, 0.1) is 23.1 Å². The molecule has 5 rings (SSSR count). The zero-order chi connectivity index (χ0) is 21.5. The van der Waals surface area contributed by atoms with Crippen LogP contribution in [0.25, 0.3) is 0 Å². The van der Waals surface area contributed by atoms with Crippen LogP contribution in [0, 0.1) is 11.3 Å². The lowest BCUT2D eigenvalue weighted by Gasteiger charge is -2.42. The van der Waals surface area contributed by atoms with E-state index < -0.39 is 10.0 Å². The Hall–Kier alpha value is -2.25. The summed E-state index contributed by atoms with van der Waals surface area (Å²) in [4.78, 5) is 17.7. The van der Waals surface area contributed by atoms with Crippen molar-refractivity contribution in [2.75, 3.05) is 13.1 Å². The van der Waals surface area contributed by atoms with E-state index in [4.69, 9.17) is 0 Å². The zero-order valence-corrected chi connectivity index (χ0v) is 18.5. The number of aromatic nitrogens is 1. The summed E-state index contributed by atoms with van der Waals surface area (Å²) < 4.78 is 28.5. The first-order valence-corrected chi connectivity index (χ1v) is 12.7. The Morgan fingerprint density at radius 1 is 1.10 bits per heavy atom. The van der Waals surface area contributed by atoms with E-state index >= 15 is 0 Å². The fraction of sp³-hybridized carbons (Fsp3) is 0.500. The molecule has 1 aromatic heterocycles. The molecule has 1 spiro atoms. The summed E-state index contributed by atoms with van der Waals surface area (Å²) in [6.07, 6.45) is 8.83. The summed E-state index contributed by atoms with van der Waals surface area (Å²) in [7, 11) is -3.61. The van der Waals surface area contributed by atoms with Crippen LogP contribution in [0.15, 0.2) is 47.5 Å². The van der Waals surface area contributed by atoms with Crippen molar-refractivity contribution in [1.29, 1.82) is 0 Å². The van der Waals surface area contributed by atoms with Gasteiger partial charge in [0.25, 0.3) is 0 Å². The first-order chi connectivity index (χ1) is 15.0. The van der Waals surface area contributed by atoms with Gasteiger partial charge in [0.15, 0.2) is 0 Å². The number of pyridine rings is 1. The minimum Gasteiger partial charge on any atom is -0.350 e. The van der Waals surface area contributed by atoms with Crippen molar-refractivity contribution in [3.63, 3.8) is 0 Å². The van der Waals surface area contributed by atoms with Crippen LogP contribution in [0.4, 0.5) is 0 Å². The van der Waals surface area contributed by atoms with Crippen LogP contribution >= 0.6 is 0 Å². The third-order valence-corrected chi connectivity index (χ3v) is 9.22. The van der Waals surface area contributed by atoms with Gasteiger partial charge in [-0.2, -0.15) is 4.31 Å². The van der Waals surface area contributed by atoms with E-state index in [9.17, 15) is 13.2 Å². The Morgan fingerprint density at radius 2 is 1.90 bits per heavy atom. The van der Waals surface area contributed by atoms with Crippen molar-refractivity contribution in [2.45, 2.75) is 56.4 Å². The lowest BCUT2D eigenvalue weighted by molar-refractivity contribution is -0.129. The highest BCUT2D eigenvalue weighted by atomic mass is 32.2. The number of benzene rings is 1. The van der Waals surface area contributed by atoms with Crippen molar-refractivity contribution >= 4 is 15.9 Å². The maximum absolute atomic E-state index is 13.5. The van der Waals surface area contributed by atoms with Crippen molar-refractivity contribution in [3.05, 3.63) is 59.4 Å². The van der Waals surface area contributed by atoms with Crippen LogP contribution in [-0.2, 0) is 34.2 Å². The number of carbonyl (C=O) groups is 1.